The quantitative estimate of drug-likeness (QED) is 0.870. The van der Waals surface area contributed by atoms with Crippen LogP contribution in [0.25, 0.3) is 10.9 Å². The molecule has 0 aliphatic rings. The molecule has 19 heavy (non-hydrogen) atoms. The lowest BCUT2D eigenvalue weighted by Gasteiger charge is -2.26. The van der Waals surface area contributed by atoms with Crippen molar-refractivity contribution in [1.29, 1.82) is 0 Å². The minimum Gasteiger partial charge on any atom is -0.396 e. The summed E-state index contributed by atoms with van der Waals surface area (Å²) in [6, 6.07) is 6.73. The Bertz CT molecular complexity index is 581. The van der Waals surface area contributed by atoms with Gasteiger partial charge in [-0.1, -0.05) is 0 Å². The average molecular weight is 269 g/mol. The van der Waals surface area contributed by atoms with Crippen molar-refractivity contribution in [2.75, 3.05) is 23.7 Å². The number of aromatic nitrogens is 1. The standard InChI is InChI=1S/C13H14F3N3/c1-2-19(8-13(14,15)16)11-6-5-10-9(12(11)17)4-3-7-18-10/h3-7H,2,8,17H2,1H3. The van der Waals surface area contributed by atoms with Crippen LogP contribution in [0.15, 0.2) is 30.5 Å². The summed E-state index contributed by atoms with van der Waals surface area (Å²) >= 11 is 0. The van der Waals surface area contributed by atoms with Gasteiger partial charge in [0.25, 0.3) is 0 Å². The fraction of sp³-hybridized carbons (Fsp3) is 0.308. The van der Waals surface area contributed by atoms with Crippen LogP contribution in [-0.4, -0.2) is 24.2 Å². The van der Waals surface area contributed by atoms with E-state index in [0.717, 1.165) is 0 Å². The normalized spacial score (nSPS) is 11.8. The van der Waals surface area contributed by atoms with E-state index in [1.165, 1.54) is 4.90 Å². The van der Waals surface area contributed by atoms with Crippen molar-refractivity contribution in [3.63, 3.8) is 0 Å². The van der Waals surface area contributed by atoms with Gasteiger partial charge in [-0.3, -0.25) is 4.98 Å². The van der Waals surface area contributed by atoms with Gasteiger partial charge in [-0.25, -0.2) is 0 Å². The number of hydrogen-bond acceptors (Lipinski definition) is 3. The number of pyridine rings is 1. The summed E-state index contributed by atoms with van der Waals surface area (Å²) in [6.07, 6.45) is -2.64. The molecular formula is C13H14F3N3. The molecule has 0 fully saturated rings. The van der Waals surface area contributed by atoms with E-state index in [1.54, 1.807) is 37.4 Å². The summed E-state index contributed by atoms with van der Waals surface area (Å²) in [5, 5.41) is 0.667. The average Bonchev–Trinajstić information content (AvgIpc) is 2.36. The molecule has 6 heteroatoms. The Morgan fingerprint density at radius 1 is 1.26 bits per heavy atom. The maximum absolute atomic E-state index is 12.5. The molecular weight excluding hydrogens is 255 g/mol. The van der Waals surface area contributed by atoms with Crippen molar-refractivity contribution in [2.45, 2.75) is 13.1 Å². The Labute approximate surface area is 108 Å². The Balaban J connectivity index is 2.46. The van der Waals surface area contributed by atoms with Gasteiger partial charge in [0.05, 0.1) is 16.9 Å². The van der Waals surface area contributed by atoms with Gasteiger partial charge in [-0.15, -0.1) is 0 Å². The van der Waals surface area contributed by atoms with E-state index in [4.69, 9.17) is 5.73 Å². The van der Waals surface area contributed by atoms with Gasteiger partial charge in [0.15, 0.2) is 0 Å². The monoisotopic (exact) mass is 269 g/mol. The zero-order valence-electron chi connectivity index (χ0n) is 10.4. The van der Waals surface area contributed by atoms with Crippen molar-refractivity contribution < 1.29 is 13.2 Å². The van der Waals surface area contributed by atoms with Gasteiger partial charge in [-0.05, 0) is 31.2 Å². The van der Waals surface area contributed by atoms with Crippen LogP contribution >= 0.6 is 0 Å². The molecule has 0 bridgehead atoms. The highest BCUT2D eigenvalue weighted by atomic mass is 19.4. The molecule has 1 aromatic heterocycles. The Morgan fingerprint density at radius 2 is 2.00 bits per heavy atom. The summed E-state index contributed by atoms with van der Waals surface area (Å²) in [7, 11) is 0. The number of rotatable bonds is 3. The van der Waals surface area contributed by atoms with E-state index < -0.39 is 12.7 Å². The van der Waals surface area contributed by atoms with Crippen molar-refractivity contribution >= 4 is 22.3 Å². The lowest BCUT2D eigenvalue weighted by molar-refractivity contribution is -0.119. The fourth-order valence-corrected chi connectivity index (χ4v) is 2.02. The Morgan fingerprint density at radius 3 is 2.63 bits per heavy atom. The molecule has 0 atom stereocenters. The number of nitrogen functional groups attached to an aromatic ring is 1. The van der Waals surface area contributed by atoms with Crippen molar-refractivity contribution in [2.24, 2.45) is 0 Å². The topological polar surface area (TPSA) is 42.2 Å². The van der Waals surface area contributed by atoms with E-state index in [0.29, 0.717) is 22.3 Å². The number of alkyl halides is 3. The van der Waals surface area contributed by atoms with E-state index in [1.807, 2.05) is 0 Å². The largest absolute Gasteiger partial charge is 0.405 e. The summed E-state index contributed by atoms with van der Waals surface area (Å²) in [6.45, 7) is 0.883. The van der Waals surface area contributed by atoms with Gasteiger partial charge in [-0.2, -0.15) is 13.2 Å². The number of halogens is 3. The van der Waals surface area contributed by atoms with Gasteiger partial charge in [0.1, 0.15) is 6.54 Å². The van der Waals surface area contributed by atoms with Crippen LogP contribution in [0, 0.1) is 0 Å². The van der Waals surface area contributed by atoms with Crippen LogP contribution in [-0.2, 0) is 0 Å². The van der Waals surface area contributed by atoms with E-state index in [9.17, 15) is 13.2 Å². The second kappa shape index (κ2) is 4.95. The van der Waals surface area contributed by atoms with Gasteiger partial charge >= 0.3 is 6.18 Å². The van der Waals surface area contributed by atoms with Gasteiger partial charge in [0, 0.05) is 18.1 Å². The molecule has 0 unspecified atom stereocenters. The number of anilines is 2. The number of nitrogens with zero attached hydrogens (tertiary/aromatic N) is 2. The third kappa shape index (κ3) is 2.89. The van der Waals surface area contributed by atoms with Crippen LogP contribution in [0.4, 0.5) is 24.5 Å². The highest BCUT2D eigenvalue weighted by Crippen LogP contribution is 2.32. The van der Waals surface area contributed by atoms with Crippen LogP contribution in [0.3, 0.4) is 0 Å². The first-order valence-corrected chi connectivity index (χ1v) is 5.87. The summed E-state index contributed by atoms with van der Waals surface area (Å²) in [4.78, 5) is 5.33. The maximum atomic E-state index is 12.5. The van der Waals surface area contributed by atoms with Crippen LogP contribution in [0.5, 0.6) is 0 Å². The molecule has 1 aromatic carbocycles. The molecule has 1 heterocycles. The van der Waals surface area contributed by atoms with E-state index in [2.05, 4.69) is 4.98 Å². The minimum atomic E-state index is -4.26. The lowest BCUT2D eigenvalue weighted by Crippen LogP contribution is -2.34. The molecule has 0 saturated carbocycles. The zero-order valence-corrected chi connectivity index (χ0v) is 10.4. The predicted octanol–water partition coefficient (Wildman–Crippen LogP) is 3.21. The molecule has 3 nitrogen and oxygen atoms in total. The second-order valence-electron chi connectivity index (χ2n) is 4.20. The first kappa shape index (κ1) is 13.5. The second-order valence-corrected chi connectivity index (χ2v) is 4.20. The number of hydrogen-bond donors (Lipinski definition) is 1. The molecule has 102 valence electrons. The molecule has 0 saturated heterocycles. The first-order chi connectivity index (χ1) is 8.92. The SMILES string of the molecule is CCN(CC(F)(F)F)c1ccc2ncccc2c1N. The van der Waals surface area contributed by atoms with Gasteiger partial charge in [0.2, 0.25) is 0 Å². The number of nitrogens with two attached hydrogens (primary N) is 1. The smallest absolute Gasteiger partial charge is 0.396 e. The zero-order chi connectivity index (χ0) is 14.0. The van der Waals surface area contributed by atoms with Crippen molar-refractivity contribution in [3.8, 4) is 0 Å². The molecule has 0 radical (unpaired) electrons. The molecule has 0 spiro atoms. The summed E-state index contributed by atoms with van der Waals surface area (Å²) in [5.41, 5.74) is 7.36. The summed E-state index contributed by atoms with van der Waals surface area (Å²) in [5.74, 6) is 0. The fourth-order valence-electron chi connectivity index (χ4n) is 2.02. The van der Waals surface area contributed by atoms with E-state index >= 15 is 0 Å². The molecule has 2 aromatic rings. The highest BCUT2D eigenvalue weighted by molar-refractivity contribution is 5.97. The van der Waals surface area contributed by atoms with Crippen LogP contribution in [0.2, 0.25) is 0 Å². The maximum Gasteiger partial charge on any atom is 0.405 e. The van der Waals surface area contributed by atoms with Crippen LogP contribution < -0.4 is 10.6 Å². The molecule has 0 aliphatic carbocycles. The highest BCUT2D eigenvalue weighted by Gasteiger charge is 2.31. The molecule has 0 aliphatic heterocycles. The molecule has 2 rings (SSSR count). The Kier molecular flexibility index (Phi) is 3.50. The number of fused-ring (bicyclic) bond motifs is 1. The molecule has 0 amide bonds. The third-order valence-corrected chi connectivity index (χ3v) is 2.90. The third-order valence-electron chi connectivity index (χ3n) is 2.90. The van der Waals surface area contributed by atoms with Crippen molar-refractivity contribution in [1.82, 2.24) is 4.98 Å². The number of benzene rings is 1. The predicted molar refractivity (Wildman–Crippen MR) is 70.1 cm³/mol. The van der Waals surface area contributed by atoms with Gasteiger partial charge < -0.3 is 10.6 Å². The van der Waals surface area contributed by atoms with Crippen LogP contribution in [0.1, 0.15) is 6.92 Å². The van der Waals surface area contributed by atoms with E-state index in [-0.39, 0.29) is 6.54 Å². The Hall–Kier alpha value is -1.98. The molecule has 2 N–H and O–H groups in total. The summed E-state index contributed by atoms with van der Waals surface area (Å²) < 4.78 is 37.6. The van der Waals surface area contributed by atoms with Crippen molar-refractivity contribution in [3.05, 3.63) is 30.5 Å². The minimum absolute atomic E-state index is 0.232. The first-order valence-electron chi connectivity index (χ1n) is 5.87. The lowest BCUT2D eigenvalue weighted by atomic mass is 10.1.